The Balaban J connectivity index is 1.44. The highest BCUT2D eigenvalue weighted by Gasteiger charge is 2.16. The van der Waals surface area contributed by atoms with E-state index < -0.39 is 0 Å². The summed E-state index contributed by atoms with van der Waals surface area (Å²) in [6.45, 7) is 0. The largest absolute Gasteiger partial charge is 0.497 e. The highest BCUT2D eigenvalue weighted by Crippen LogP contribution is 2.35. The number of fused-ring (bicyclic) bond motifs is 1. The molecule has 4 heterocycles. The van der Waals surface area contributed by atoms with E-state index in [1.807, 2.05) is 47.0 Å². The van der Waals surface area contributed by atoms with Gasteiger partial charge in [0.1, 0.15) is 23.4 Å². The fourth-order valence-electron chi connectivity index (χ4n) is 3.90. The minimum atomic E-state index is 0.823. The number of pyridine rings is 1. The Hall–Kier alpha value is -4.23. The molecule has 0 spiro atoms. The maximum atomic E-state index is 5.33. The lowest BCUT2D eigenvalue weighted by atomic mass is 10.0. The molecule has 4 aromatic heterocycles. The molecule has 0 aliphatic heterocycles. The van der Waals surface area contributed by atoms with E-state index in [0.717, 1.165) is 55.8 Å². The van der Waals surface area contributed by atoms with E-state index in [1.165, 1.54) is 0 Å². The number of ether oxygens (including phenoxy) is 1. The normalized spacial score (nSPS) is 11.2. The molecule has 160 valence electrons. The van der Waals surface area contributed by atoms with Gasteiger partial charge in [0, 0.05) is 23.0 Å². The zero-order valence-corrected chi connectivity index (χ0v) is 18.6. The Bertz CT molecular complexity index is 1530. The van der Waals surface area contributed by atoms with Crippen molar-refractivity contribution in [2.75, 3.05) is 7.11 Å². The maximum Gasteiger partial charge on any atom is 0.164 e. The van der Waals surface area contributed by atoms with Gasteiger partial charge in [-0.05, 0) is 60.0 Å². The quantitative estimate of drug-likeness (QED) is 0.339. The third-order valence-electron chi connectivity index (χ3n) is 5.56. The molecule has 1 N–H and O–H groups in total. The molecule has 0 saturated carbocycles. The van der Waals surface area contributed by atoms with E-state index in [0.29, 0.717) is 0 Å². The molecular weight excluding hydrogens is 430 g/mol. The molecule has 7 heteroatoms. The molecule has 6 rings (SSSR count). The van der Waals surface area contributed by atoms with Gasteiger partial charge in [0.25, 0.3) is 0 Å². The SMILES string of the molecule is COc1ccc(-c2[nH]c(-c3cccs3)nc2-c2ccc(-n3cnc4cccnc43)cc2)cc1. The van der Waals surface area contributed by atoms with Crippen LogP contribution in [0.1, 0.15) is 0 Å². The number of hydrogen-bond acceptors (Lipinski definition) is 5. The lowest BCUT2D eigenvalue weighted by Gasteiger charge is -2.07. The fourth-order valence-corrected chi connectivity index (χ4v) is 4.57. The van der Waals surface area contributed by atoms with Crippen molar-refractivity contribution in [2.24, 2.45) is 0 Å². The van der Waals surface area contributed by atoms with E-state index in [-0.39, 0.29) is 0 Å². The van der Waals surface area contributed by atoms with Crippen molar-refractivity contribution in [3.63, 3.8) is 0 Å². The average molecular weight is 450 g/mol. The molecule has 6 nitrogen and oxygen atoms in total. The summed E-state index contributed by atoms with van der Waals surface area (Å²) in [4.78, 5) is 18.5. The van der Waals surface area contributed by atoms with Gasteiger partial charge in [0.05, 0.1) is 23.4 Å². The van der Waals surface area contributed by atoms with Crippen molar-refractivity contribution in [3.8, 4) is 44.7 Å². The van der Waals surface area contributed by atoms with Crippen LogP contribution in [-0.4, -0.2) is 31.6 Å². The average Bonchev–Trinajstić information content (AvgIpc) is 3.64. The number of rotatable bonds is 5. The predicted molar refractivity (Wildman–Crippen MR) is 132 cm³/mol. The number of methoxy groups -OCH3 is 1. The van der Waals surface area contributed by atoms with Crippen LogP contribution < -0.4 is 4.74 Å². The zero-order valence-electron chi connectivity index (χ0n) is 17.8. The molecule has 0 unspecified atom stereocenters. The number of aromatic nitrogens is 5. The Morgan fingerprint density at radius 2 is 1.70 bits per heavy atom. The third kappa shape index (κ3) is 3.48. The van der Waals surface area contributed by atoms with Gasteiger partial charge in [0.15, 0.2) is 5.65 Å². The molecule has 2 aromatic carbocycles. The van der Waals surface area contributed by atoms with Gasteiger partial charge in [-0.25, -0.2) is 15.0 Å². The molecule has 0 aliphatic rings. The van der Waals surface area contributed by atoms with Crippen LogP contribution in [0.5, 0.6) is 5.75 Å². The van der Waals surface area contributed by atoms with Crippen molar-refractivity contribution in [2.45, 2.75) is 0 Å². The second-order valence-corrected chi connectivity index (χ2v) is 8.47. The van der Waals surface area contributed by atoms with E-state index in [4.69, 9.17) is 9.72 Å². The molecule has 6 aromatic rings. The van der Waals surface area contributed by atoms with Gasteiger partial charge in [-0.3, -0.25) is 4.57 Å². The number of hydrogen-bond donors (Lipinski definition) is 1. The number of nitrogens with zero attached hydrogens (tertiary/aromatic N) is 4. The molecule has 0 bridgehead atoms. The lowest BCUT2D eigenvalue weighted by Crippen LogP contribution is -1.93. The summed E-state index contributed by atoms with van der Waals surface area (Å²) in [5.41, 5.74) is 6.67. The first-order valence-electron chi connectivity index (χ1n) is 10.5. The Labute approximate surface area is 194 Å². The van der Waals surface area contributed by atoms with Gasteiger partial charge in [-0.15, -0.1) is 11.3 Å². The lowest BCUT2D eigenvalue weighted by molar-refractivity contribution is 0.415. The molecular formula is C26H19N5OS. The van der Waals surface area contributed by atoms with Crippen LogP contribution in [-0.2, 0) is 0 Å². The van der Waals surface area contributed by atoms with E-state index in [2.05, 4.69) is 50.7 Å². The van der Waals surface area contributed by atoms with Crippen LogP contribution in [0.25, 0.3) is 50.1 Å². The first kappa shape index (κ1) is 19.5. The summed E-state index contributed by atoms with van der Waals surface area (Å²) >= 11 is 1.67. The van der Waals surface area contributed by atoms with Gasteiger partial charge in [-0.2, -0.15) is 0 Å². The number of thiophene rings is 1. The van der Waals surface area contributed by atoms with Crippen molar-refractivity contribution in [1.82, 2.24) is 24.5 Å². The molecule has 0 aliphatic carbocycles. The summed E-state index contributed by atoms with van der Waals surface area (Å²) in [7, 11) is 1.67. The molecule has 0 atom stereocenters. The first-order valence-corrected chi connectivity index (χ1v) is 11.4. The van der Waals surface area contributed by atoms with Crippen LogP contribution in [0.4, 0.5) is 0 Å². The molecule has 0 fully saturated rings. The minimum Gasteiger partial charge on any atom is -0.497 e. The van der Waals surface area contributed by atoms with Gasteiger partial charge in [-0.1, -0.05) is 18.2 Å². The highest BCUT2D eigenvalue weighted by atomic mass is 32.1. The summed E-state index contributed by atoms with van der Waals surface area (Å²) in [6.07, 6.45) is 3.59. The van der Waals surface area contributed by atoms with Crippen molar-refractivity contribution in [3.05, 3.63) is 90.7 Å². The van der Waals surface area contributed by atoms with E-state index >= 15 is 0 Å². The van der Waals surface area contributed by atoms with E-state index in [9.17, 15) is 0 Å². The van der Waals surface area contributed by atoms with Gasteiger partial charge in [0.2, 0.25) is 0 Å². The smallest absolute Gasteiger partial charge is 0.164 e. The molecule has 0 saturated heterocycles. The number of imidazole rings is 2. The second kappa shape index (κ2) is 8.03. The fraction of sp³-hybridized carbons (Fsp3) is 0.0385. The first-order chi connectivity index (χ1) is 16.3. The number of benzene rings is 2. The monoisotopic (exact) mass is 449 g/mol. The van der Waals surface area contributed by atoms with Crippen LogP contribution in [0.3, 0.4) is 0 Å². The predicted octanol–water partition coefficient (Wildman–Crippen LogP) is 6.21. The number of H-pyrrole nitrogens is 1. The van der Waals surface area contributed by atoms with Crippen LogP contribution in [0.2, 0.25) is 0 Å². The molecule has 33 heavy (non-hydrogen) atoms. The van der Waals surface area contributed by atoms with Crippen molar-refractivity contribution >= 4 is 22.5 Å². The Morgan fingerprint density at radius 1 is 0.879 bits per heavy atom. The van der Waals surface area contributed by atoms with Gasteiger partial charge >= 0.3 is 0 Å². The van der Waals surface area contributed by atoms with Crippen LogP contribution in [0, 0.1) is 0 Å². The number of nitrogens with one attached hydrogen (secondary N) is 1. The summed E-state index contributed by atoms with van der Waals surface area (Å²) < 4.78 is 7.32. The summed E-state index contributed by atoms with van der Waals surface area (Å²) in [5, 5.41) is 2.06. The Kier molecular flexibility index (Phi) is 4.74. The highest BCUT2D eigenvalue weighted by molar-refractivity contribution is 7.13. The summed E-state index contributed by atoms with van der Waals surface area (Å²) in [5.74, 6) is 1.68. The maximum absolute atomic E-state index is 5.33. The van der Waals surface area contributed by atoms with Crippen molar-refractivity contribution in [1.29, 1.82) is 0 Å². The zero-order chi connectivity index (χ0) is 22.2. The molecule has 0 radical (unpaired) electrons. The van der Waals surface area contributed by atoms with E-state index in [1.54, 1.807) is 31.0 Å². The molecule has 0 amide bonds. The van der Waals surface area contributed by atoms with Crippen molar-refractivity contribution < 1.29 is 4.74 Å². The van der Waals surface area contributed by atoms with Gasteiger partial charge < -0.3 is 9.72 Å². The third-order valence-corrected chi connectivity index (χ3v) is 6.44. The van der Waals surface area contributed by atoms with Crippen LogP contribution in [0.15, 0.2) is 90.7 Å². The van der Waals surface area contributed by atoms with Crippen LogP contribution >= 0.6 is 11.3 Å². The standard InChI is InChI=1S/C26H19N5OS/c1-32-20-12-8-18(9-13-20)24-23(29-25(30-24)22-5-3-15-33-22)17-6-10-19(11-7-17)31-16-28-21-4-2-14-27-26(21)31/h2-16H,1H3,(H,29,30). The Morgan fingerprint density at radius 3 is 2.45 bits per heavy atom. The summed E-state index contributed by atoms with van der Waals surface area (Å²) in [6, 6.07) is 24.3. The minimum absolute atomic E-state index is 0.823. The second-order valence-electron chi connectivity index (χ2n) is 7.52. The topological polar surface area (TPSA) is 68.6 Å². The number of aromatic amines is 1.